The Balaban J connectivity index is 1.97. The van der Waals surface area contributed by atoms with Crippen LogP contribution in [0.4, 0.5) is 24.5 Å². The zero-order chi connectivity index (χ0) is 22.5. The summed E-state index contributed by atoms with van der Waals surface area (Å²) in [5, 5.41) is 0. The molecule has 0 heterocycles. The molecule has 7 heteroatoms. The van der Waals surface area contributed by atoms with E-state index in [1.165, 1.54) is 24.1 Å². The Kier molecular flexibility index (Phi) is 6.84. The maximum absolute atomic E-state index is 15.1. The van der Waals surface area contributed by atoms with Crippen molar-refractivity contribution in [3.8, 4) is 16.9 Å². The van der Waals surface area contributed by atoms with Gasteiger partial charge in [0.15, 0.2) is 18.2 Å². The van der Waals surface area contributed by atoms with Crippen LogP contribution in [0.3, 0.4) is 0 Å². The highest BCUT2D eigenvalue weighted by atomic mass is 19.1. The van der Waals surface area contributed by atoms with E-state index in [0.29, 0.717) is 16.8 Å². The zero-order valence-corrected chi connectivity index (χ0v) is 17.4. The molecule has 0 saturated carbocycles. The lowest BCUT2D eigenvalue weighted by atomic mass is 10.0. The third-order valence-corrected chi connectivity index (χ3v) is 4.75. The Morgan fingerprint density at radius 2 is 1.74 bits per heavy atom. The highest BCUT2D eigenvalue weighted by Crippen LogP contribution is 2.37. The number of ether oxygens (including phenoxy) is 2. The van der Waals surface area contributed by atoms with Crippen LogP contribution in [0.15, 0.2) is 54.6 Å². The van der Waals surface area contributed by atoms with E-state index in [9.17, 15) is 13.6 Å². The first-order valence-electron chi connectivity index (χ1n) is 9.68. The Labute approximate surface area is 178 Å². The zero-order valence-electron chi connectivity index (χ0n) is 17.4. The molecule has 3 rings (SSSR count). The van der Waals surface area contributed by atoms with Gasteiger partial charge in [-0.15, -0.1) is 0 Å². The molecule has 0 unspecified atom stereocenters. The number of halogens is 3. The van der Waals surface area contributed by atoms with Gasteiger partial charge in [0, 0.05) is 12.7 Å². The molecule has 0 N–H and O–H groups in total. The molecule has 4 nitrogen and oxygen atoms in total. The Morgan fingerprint density at radius 1 is 1.00 bits per heavy atom. The van der Waals surface area contributed by atoms with E-state index in [0.717, 1.165) is 17.7 Å². The first-order valence-corrected chi connectivity index (χ1v) is 9.68. The number of nitrogens with zero attached hydrogens (tertiary/aromatic N) is 1. The number of carbonyl (C=O) groups excluding carboxylic acids is 1. The van der Waals surface area contributed by atoms with Crippen molar-refractivity contribution >= 4 is 17.3 Å². The van der Waals surface area contributed by atoms with Gasteiger partial charge in [0.2, 0.25) is 0 Å². The Morgan fingerprint density at radius 3 is 2.45 bits per heavy atom. The van der Waals surface area contributed by atoms with E-state index in [-0.39, 0.29) is 23.9 Å². The monoisotopic (exact) mass is 429 g/mol. The van der Waals surface area contributed by atoms with Crippen LogP contribution in [-0.2, 0) is 9.53 Å². The molecule has 0 bridgehead atoms. The topological polar surface area (TPSA) is 38.8 Å². The first kappa shape index (κ1) is 22.2. The molecule has 3 aromatic rings. The molecule has 0 aliphatic heterocycles. The number of carbonyl (C=O) groups is 1. The van der Waals surface area contributed by atoms with E-state index < -0.39 is 24.2 Å². The molecule has 162 valence electrons. The smallest absolute Gasteiger partial charge is 0.344 e. The van der Waals surface area contributed by atoms with Gasteiger partial charge in [0.05, 0.1) is 6.61 Å². The normalized spacial score (nSPS) is 10.6. The molecule has 0 radical (unpaired) electrons. The van der Waals surface area contributed by atoms with Gasteiger partial charge in [-0.25, -0.2) is 18.0 Å². The SMILES string of the molecule is CCOC(=O)COc1ccc(F)c(N(C)c2cc(-c3cccc(F)c3)ccc2C)c1F. The van der Waals surface area contributed by atoms with Gasteiger partial charge in [-0.2, -0.15) is 0 Å². The van der Waals surface area contributed by atoms with Gasteiger partial charge < -0.3 is 14.4 Å². The number of hydrogen-bond donors (Lipinski definition) is 0. The summed E-state index contributed by atoms with van der Waals surface area (Å²) in [6.07, 6.45) is 0. The minimum absolute atomic E-state index is 0.170. The predicted molar refractivity (Wildman–Crippen MR) is 113 cm³/mol. The van der Waals surface area contributed by atoms with Crippen molar-refractivity contribution in [2.24, 2.45) is 0 Å². The van der Waals surface area contributed by atoms with E-state index in [2.05, 4.69) is 0 Å². The molecule has 0 spiro atoms. The quantitative estimate of drug-likeness (QED) is 0.446. The molecule has 0 aromatic heterocycles. The van der Waals surface area contributed by atoms with Gasteiger partial charge >= 0.3 is 5.97 Å². The molecule has 0 aliphatic rings. The lowest BCUT2D eigenvalue weighted by molar-refractivity contribution is -0.145. The van der Waals surface area contributed by atoms with Crippen LogP contribution in [0.5, 0.6) is 5.75 Å². The highest BCUT2D eigenvalue weighted by molar-refractivity contribution is 5.75. The summed E-state index contributed by atoms with van der Waals surface area (Å²) >= 11 is 0. The van der Waals surface area contributed by atoms with E-state index >= 15 is 4.39 Å². The Hall–Kier alpha value is -3.48. The van der Waals surface area contributed by atoms with Crippen molar-refractivity contribution in [3.05, 3.63) is 77.6 Å². The van der Waals surface area contributed by atoms with Gasteiger partial charge in [0.1, 0.15) is 17.3 Å². The second-order valence-corrected chi connectivity index (χ2v) is 6.87. The fourth-order valence-electron chi connectivity index (χ4n) is 3.22. The van der Waals surface area contributed by atoms with Crippen molar-refractivity contribution in [1.82, 2.24) is 0 Å². The second kappa shape index (κ2) is 9.55. The average Bonchev–Trinajstić information content (AvgIpc) is 2.73. The number of aryl methyl sites for hydroxylation is 1. The maximum Gasteiger partial charge on any atom is 0.344 e. The number of rotatable bonds is 7. The molecule has 0 atom stereocenters. The summed E-state index contributed by atoms with van der Waals surface area (Å²) < 4.78 is 53.3. The molecule has 0 aliphatic carbocycles. The minimum Gasteiger partial charge on any atom is -0.479 e. The number of esters is 1. The number of hydrogen-bond acceptors (Lipinski definition) is 4. The highest BCUT2D eigenvalue weighted by Gasteiger charge is 2.21. The van der Waals surface area contributed by atoms with Crippen molar-refractivity contribution in [3.63, 3.8) is 0 Å². The largest absolute Gasteiger partial charge is 0.479 e. The average molecular weight is 429 g/mol. The van der Waals surface area contributed by atoms with Crippen LogP contribution in [0.2, 0.25) is 0 Å². The summed E-state index contributed by atoms with van der Waals surface area (Å²) in [5.41, 5.74) is 2.30. The third-order valence-electron chi connectivity index (χ3n) is 4.75. The predicted octanol–water partition coefficient (Wildman–Crippen LogP) is 5.79. The van der Waals surface area contributed by atoms with Crippen molar-refractivity contribution in [2.45, 2.75) is 13.8 Å². The summed E-state index contributed by atoms with van der Waals surface area (Å²) in [4.78, 5) is 12.9. The molecule has 0 fully saturated rings. The summed E-state index contributed by atoms with van der Waals surface area (Å²) in [7, 11) is 1.52. The van der Waals surface area contributed by atoms with E-state index in [1.54, 1.807) is 38.1 Å². The van der Waals surface area contributed by atoms with Gasteiger partial charge in [-0.3, -0.25) is 0 Å². The maximum atomic E-state index is 15.1. The fourth-order valence-corrected chi connectivity index (χ4v) is 3.22. The van der Waals surface area contributed by atoms with Crippen LogP contribution in [0.25, 0.3) is 11.1 Å². The molecule has 3 aromatic carbocycles. The lowest BCUT2D eigenvalue weighted by Gasteiger charge is -2.24. The molecule has 31 heavy (non-hydrogen) atoms. The van der Waals surface area contributed by atoms with Gasteiger partial charge in [-0.05, 0) is 60.9 Å². The van der Waals surface area contributed by atoms with E-state index in [1.807, 2.05) is 6.07 Å². The Bertz CT molecular complexity index is 1100. The second-order valence-electron chi connectivity index (χ2n) is 6.87. The summed E-state index contributed by atoms with van der Waals surface area (Å²) in [5.74, 6) is -3.03. The van der Waals surface area contributed by atoms with Crippen molar-refractivity contribution in [1.29, 1.82) is 0 Å². The first-order chi connectivity index (χ1) is 14.8. The van der Waals surface area contributed by atoms with Crippen LogP contribution in [0.1, 0.15) is 12.5 Å². The molecule has 0 amide bonds. The van der Waals surface area contributed by atoms with Crippen LogP contribution >= 0.6 is 0 Å². The van der Waals surface area contributed by atoms with E-state index in [4.69, 9.17) is 9.47 Å². The summed E-state index contributed by atoms with van der Waals surface area (Å²) in [6, 6.07) is 13.6. The third kappa shape index (κ3) is 4.99. The van der Waals surface area contributed by atoms with Gasteiger partial charge in [0.25, 0.3) is 0 Å². The number of anilines is 2. The van der Waals surface area contributed by atoms with Crippen molar-refractivity contribution < 1.29 is 27.4 Å². The van der Waals surface area contributed by atoms with Crippen molar-refractivity contribution in [2.75, 3.05) is 25.2 Å². The fraction of sp³-hybridized carbons (Fsp3) is 0.208. The molecular formula is C24H22F3NO3. The van der Waals surface area contributed by atoms with Crippen LogP contribution in [0, 0.1) is 24.4 Å². The lowest BCUT2D eigenvalue weighted by Crippen LogP contribution is -2.18. The van der Waals surface area contributed by atoms with Crippen LogP contribution in [-0.4, -0.2) is 26.2 Å². The minimum atomic E-state index is -0.942. The molecular weight excluding hydrogens is 407 g/mol. The summed E-state index contributed by atoms with van der Waals surface area (Å²) in [6.45, 7) is 3.12. The van der Waals surface area contributed by atoms with Crippen LogP contribution < -0.4 is 9.64 Å². The standard InChI is InChI=1S/C24H22F3NO3/c1-4-30-22(29)14-31-21-11-10-19(26)24(23(21)27)28(3)20-13-17(9-8-15(20)2)16-6-5-7-18(25)12-16/h5-13H,4,14H2,1-3H3. The molecule has 0 saturated heterocycles. The van der Waals surface area contributed by atoms with Gasteiger partial charge in [-0.1, -0.05) is 24.3 Å². The number of benzene rings is 3.